The second-order valence-corrected chi connectivity index (χ2v) is 6.71. The van der Waals surface area contributed by atoms with E-state index in [2.05, 4.69) is 44.7 Å². The maximum absolute atomic E-state index is 5.42. The van der Waals surface area contributed by atoms with Crippen LogP contribution in [0.25, 0.3) is 0 Å². The molecule has 1 N–H and O–H groups in total. The molecule has 0 bridgehead atoms. The number of ether oxygens (including phenoxy) is 1. The topological polar surface area (TPSA) is 63.2 Å². The van der Waals surface area contributed by atoms with Crippen LogP contribution in [0.5, 0.6) is 5.75 Å². The van der Waals surface area contributed by atoms with E-state index in [1.807, 2.05) is 60.7 Å². The average molecular weight is 397 g/mol. The van der Waals surface area contributed by atoms with Crippen LogP contribution in [0, 0.1) is 0 Å². The van der Waals surface area contributed by atoms with Crippen LogP contribution in [0.3, 0.4) is 0 Å². The molecule has 0 atom stereocenters. The molecule has 30 heavy (non-hydrogen) atoms. The minimum absolute atomic E-state index is 0.465. The van der Waals surface area contributed by atoms with Gasteiger partial charge in [0.05, 0.1) is 13.3 Å². The van der Waals surface area contributed by atoms with Gasteiger partial charge in [-0.1, -0.05) is 66.7 Å². The van der Waals surface area contributed by atoms with E-state index >= 15 is 0 Å². The van der Waals surface area contributed by atoms with Crippen molar-refractivity contribution >= 4 is 17.5 Å². The van der Waals surface area contributed by atoms with Crippen LogP contribution in [-0.2, 0) is 13.1 Å². The summed E-state index contributed by atoms with van der Waals surface area (Å²) in [4.78, 5) is 6.84. The summed E-state index contributed by atoms with van der Waals surface area (Å²) < 4.78 is 5.42. The Bertz CT molecular complexity index is 1070. The number of benzene rings is 3. The van der Waals surface area contributed by atoms with E-state index in [-0.39, 0.29) is 0 Å². The maximum atomic E-state index is 5.42. The van der Waals surface area contributed by atoms with Gasteiger partial charge in [-0.15, -0.1) is 5.10 Å². The Kier molecular flexibility index (Phi) is 6.15. The Labute approximate surface area is 176 Å². The number of methoxy groups -OCH3 is 1. The number of aromatic nitrogens is 3. The summed E-state index contributed by atoms with van der Waals surface area (Å²) in [6, 6.07) is 28.3. The Morgan fingerprint density at radius 3 is 2.33 bits per heavy atom. The number of nitrogens with zero attached hydrogens (tertiary/aromatic N) is 4. The second kappa shape index (κ2) is 9.52. The van der Waals surface area contributed by atoms with Gasteiger partial charge in [-0.3, -0.25) is 0 Å². The number of anilines is 3. The van der Waals surface area contributed by atoms with E-state index in [1.54, 1.807) is 13.3 Å². The highest BCUT2D eigenvalue weighted by Gasteiger charge is 2.13. The van der Waals surface area contributed by atoms with Gasteiger partial charge in [0, 0.05) is 24.3 Å². The molecule has 6 nitrogen and oxygen atoms in total. The fourth-order valence-corrected chi connectivity index (χ4v) is 3.20. The Morgan fingerprint density at radius 2 is 1.57 bits per heavy atom. The van der Waals surface area contributed by atoms with Crippen molar-refractivity contribution in [3.05, 3.63) is 102 Å². The van der Waals surface area contributed by atoms with Gasteiger partial charge in [0.15, 0.2) is 5.82 Å². The highest BCUT2D eigenvalue weighted by molar-refractivity contribution is 5.60. The summed E-state index contributed by atoms with van der Waals surface area (Å²) in [5, 5.41) is 11.6. The van der Waals surface area contributed by atoms with E-state index in [0.717, 1.165) is 22.8 Å². The van der Waals surface area contributed by atoms with Crippen LogP contribution in [0.4, 0.5) is 17.5 Å². The number of para-hydroxylation sites is 2. The molecule has 150 valence electrons. The Hall–Kier alpha value is -3.93. The number of rotatable bonds is 8. The van der Waals surface area contributed by atoms with Gasteiger partial charge >= 0.3 is 0 Å². The summed E-state index contributed by atoms with van der Waals surface area (Å²) in [6.45, 7) is 1.22. The molecule has 0 aliphatic rings. The lowest BCUT2D eigenvalue weighted by atomic mass is 10.2. The minimum Gasteiger partial charge on any atom is -0.496 e. The summed E-state index contributed by atoms with van der Waals surface area (Å²) in [6.07, 6.45) is 1.68. The van der Waals surface area contributed by atoms with Crippen molar-refractivity contribution in [2.45, 2.75) is 13.1 Å². The molecule has 0 fully saturated rings. The first-order chi connectivity index (χ1) is 14.8. The molecular weight excluding hydrogens is 374 g/mol. The molecule has 4 rings (SSSR count). The van der Waals surface area contributed by atoms with Gasteiger partial charge in [-0.2, -0.15) is 10.1 Å². The van der Waals surface area contributed by atoms with E-state index in [9.17, 15) is 0 Å². The zero-order valence-corrected chi connectivity index (χ0v) is 16.8. The van der Waals surface area contributed by atoms with Crippen LogP contribution >= 0.6 is 0 Å². The third-order valence-corrected chi connectivity index (χ3v) is 4.70. The van der Waals surface area contributed by atoms with Crippen LogP contribution in [-0.4, -0.2) is 22.3 Å². The van der Waals surface area contributed by atoms with Crippen molar-refractivity contribution in [1.82, 2.24) is 15.2 Å². The third kappa shape index (κ3) is 4.72. The van der Waals surface area contributed by atoms with Gasteiger partial charge in [0.2, 0.25) is 5.95 Å². The molecule has 1 aromatic heterocycles. The molecule has 0 radical (unpaired) electrons. The van der Waals surface area contributed by atoms with E-state index in [0.29, 0.717) is 19.0 Å². The third-order valence-electron chi connectivity index (χ3n) is 4.70. The fourth-order valence-electron chi connectivity index (χ4n) is 3.20. The van der Waals surface area contributed by atoms with E-state index in [4.69, 9.17) is 9.72 Å². The second-order valence-electron chi connectivity index (χ2n) is 6.71. The highest BCUT2D eigenvalue weighted by Crippen LogP contribution is 2.26. The monoisotopic (exact) mass is 397 g/mol. The van der Waals surface area contributed by atoms with Crippen LogP contribution in [0.15, 0.2) is 91.1 Å². The molecule has 0 saturated heterocycles. The lowest BCUT2D eigenvalue weighted by molar-refractivity contribution is 0.410. The lowest BCUT2D eigenvalue weighted by Crippen LogP contribution is -2.19. The first-order valence-corrected chi connectivity index (χ1v) is 9.75. The molecule has 0 saturated carbocycles. The van der Waals surface area contributed by atoms with E-state index in [1.165, 1.54) is 5.56 Å². The molecule has 0 unspecified atom stereocenters. The van der Waals surface area contributed by atoms with Crippen molar-refractivity contribution in [3.8, 4) is 5.75 Å². The van der Waals surface area contributed by atoms with Crippen LogP contribution < -0.4 is 15.0 Å². The summed E-state index contributed by atoms with van der Waals surface area (Å²) in [7, 11) is 1.67. The smallest absolute Gasteiger partial charge is 0.244 e. The molecule has 0 amide bonds. The van der Waals surface area contributed by atoms with Crippen LogP contribution in [0.1, 0.15) is 11.1 Å². The number of nitrogens with one attached hydrogen (secondary N) is 1. The van der Waals surface area contributed by atoms with Gasteiger partial charge < -0.3 is 15.0 Å². The molecule has 0 aliphatic heterocycles. The highest BCUT2D eigenvalue weighted by atomic mass is 16.5. The zero-order valence-electron chi connectivity index (χ0n) is 16.8. The Morgan fingerprint density at radius 1 is 0.867 bits per heavy atom. The standard InChI is InChI=1S/C24H23N5O/c1-30-22-15-9-8-12-20(22)16-25-24-27-23(17-26-28-24)29(21-13-6-3-7-14-21)18-19-10-4-2-5-11-19/h2-15,17H,16,18H2,1H3,(H,25,27,28). The fraction of sp³-hybridized carbons (Fsp3) is 0.125. The largest absolute Gasteiger partial charge is 0.496 e. The Balaban J connectivity index is 1.58. The molecule has 0 aliphatic carbocycles. The van der Waals surface area contributed by atoms with Gasteiger partial charge in [0.25, 0.3) is 0 Å². The predicted molar refractivity (Wildman–Crippen MR) is 119 cm³/mol. The first kappa shape index (κ1) is 19.4. The van der Waals surface area contributed by atoms with Crippen molar-refractivity contribution in [3.63, 3.8) is 0 Å². The van der Waals surface area contributed by atoms with Crippen molar-refractivity contribution in [1.29, 1.82) is 0 Å². The average Bonchev–Trinajstić information content (AvgIpc) is 2.83. The summed E-state index contributed by atoms with van der Waals surface area (Å²) in [5.41, 5.74) is 3.25. The van der Waals surface area contributed by atoms with Gasteiger partial charge in [-0.05, 0) is 23.8 Å². The molecule has 0 spiro atoms. The number of hydrogen-bond donors (Lipinski definition) is 1. The molecule has 3 aromatic carbocycles. The quantitative estimate of drug-likeness (QED) is 0.459. The van der Waals surface area contributed by atoms with Gasteiger partial charge in [-0.25, -0.2) is 0 Å². The van der Waals surface area contributed by atoms with Crippen LogP contribution in [0.2, 0.25) is 0 Å². The molecule has 4 aromatic rings. The van der Waals surface area contributed by atoms with Crippen molar-refractivity contribution < 1.29 is 4.74 Å². The number of hydrogen-bond acceptors (Lipinski definition) is 6. The van der Waals surface area contributed by atoms with Crippen molar-refractivity contribution in [2.75, 3.05) is 17.3 Å². The van der Waals surface area contributed by atoms with Gasteiger partial charge in [0.1, 0.15) is 5.75 Å². The lowest BCUT2D eigenvalue weighted by Gasteiger charge is -2.24. The molecule has 1 heterocycles. The minimum atomic E-state index is 0.465. The maximum Gasteiger partial charge on any atom is 0.244 e. The molecular formula is C24H23N5O. The van der Waals surface area contributed by atoms with Crippen molar-refractivity contribution in [2.24, 2.45) is 0 Å². The van der Waals surface area contributed by atoms with E-state index < -0.39 is 0 Å². The normalized spacial score (nSPS) is 10.4. The predicted octanol–water partition coefficient (Wildman–Crippen LogP) is 4.83. The first-order valence-electron chi connectivity index (χ1n) is 9.75. The summed E-state index contributed by atoms with van der Waals surface area (Å²) in [5.74, 6) is 2.01. The SMILES string of the molecule is COc1ccccc1CNc1nncc(N(Cc2ccccc2)c2ccccc2)n1. The summed E-state index contributed by atoms with van der Waals surface area (Å²) >= 11 is 0. The zero-order chi connectivity index (χ0) is 20.6. The molecule has 6 heteroatoms.